The molecule has 1 amide bonds. The zero-order valence-electron chi connectivity index (χ0n) is 17.0. The molecule has 0 bridgehead atoms. The number of carbonyl (C=O) groups excluding carboxylic acids is 1. The highest BCUT2D eigenvalue weighted by molar-refractivity contribution is 5.85. The van der Waals surface area contributed by atoms with Crippen LogP contribution in [0.3, 0.4) is 0 Å². The molecule has 0 atom stereocenters. The van der Waals surface area contributed by atoms with Crippen molar-refractivity contribution in [2.24, 2.45) is 0 Å². The summed E-state index contributed by atoms with van der Waals surface area (Å²) >= 11 is 0. The van der Waals surface area contributed by atoms with E-state index in [4.69, 9.17) is 4.74 Å². The van der Waals surface area contributed by atoms with E-state index in [2.05, 4.69) is 20.1 Å². The number of halogens is 1. The topological polar surface area (TPSA) is 72.3 Å². The van der Waals surface area contributed by atoms with Crippen LogP contribution in [0.15, 0.2) is 24.3 Å². The summed E-state index contributed by atoms with van der Waals surface area (Å²) < 4.78 is 7.74. The van der Waals surface area contributed by atoms with Crippen LogP contribution in [0.25, 0.3) is 0 Å². The molecule has 158 valence electrons. The van der Waals surface area contributed by atoms with Gasteiger partial charge in [0, 0.05) is 38.5 Å². The lowest BCUT2D eigenvalue weighted by molar-refractivity contribution is -0.132. The van der Waals surface area contributed by atoms with E-state index >= 15 is 0 Å². The molecule has 29 heavy (non-hydrogen) atoms. The van der Waals surface area contributed by atoms with E-state index in [1.54, 1.807) is 0 Å². The highest BCUT2D eigenvalue weighted by Gasteiger charge is 2.28. The molecule has 4 rings (SSSR count). The minimum absolute atomic E-state index is 0. The van der Waals surface area contributed by atoms with Gasteiger partial charge in [-0.1, -0.05) is 12.1 Å². The van der Waals surface area contributed by atoms with E-state index in [1.807, 2.05) is 36.1 Å². The van der Waals surface area contributed by atoms with Gasteiger partial charge >= 0.3 is 0 Å². The van der Waals surface area contributed by atoms with Crippen LogP contribution in [0.1, 0.15) is 49.3 Å². The van der Waals surface area contributed by atoms with Crippen LogP contribution < -0.4 is 10.1 Å². The maximum absolute atomic E-state index is 12.6. The van der Waals surface area contributed by atoms with Crippen LogP contribution in [0.5, 0.6) is 5.75 Å². The van der Waals surface area contributed by atoms with Gasteiger partial charge in [-0.2, -0.15) is 0 Å². The number of hydrogen-bond donors (Lipinski definition) is 1. The Labute approximate surface area is 178 Å². The van der Waals surface area contributed by atoms with Crippen molar-refractivity contribution in [3.63, 3.8) is 0 Å². The predicted octanol–water partition coefficient (Wildman–Crippen LogP) is 2.54. The molecular formula is C21H30ClN5O2. The SMILES string of the molecule is CCOc1ccc(CCC(=O)N2CCC(c3nnc4n3CCNC4)CC2)cc1.Cl. The summed E-state index contributed by atoms with van der Waals surface area (Å²) in [7, 11) is 0. The first-order chi connectivity index (χ1) is 13.7. The molecule has 0 spiro atoms. The second kappa shape index (κ2) is 10.1. The van der Waals surface area contributed by atoms with Crippen molar-refractivity contribution in [1.82, 2.24) is 25.0 Å². The number of aromatic nitrogens is 3. The van der Waals surface area contributed by atoms with Crippen molar-refractivity contribution in [2.75, 3.05) is 26.2 Å². The quantitative estimate of drug-likeness (QED) is 0.779. The molecule has 0 radical (unpaired) electrons. The van der Waals surface area contributed by atoms with Gasteiger partial charge in [-0.05, 0) is 43.9 Å². The Morgan fingerprint density at radius 2 is 1.93 bits per heavy atom. The van der Waals surface area contributed by atoms with E-state index in [1.165, 1.54) is 5.56 Å². The fourth-order valence-electron chi connectivity index (χ4n) is 4.13. The van der Waals surface area contributed by atoms with Gasteiger partial charge in [0.2, 0.25) is 5.91 Å². The smallest absolute Gasteiger partial charge is 0.222 e. The number of piperidine rings is 1. The number of fused-ring (bicyclic) bond motifs is 1. The Balaban J connectivity index is 0.00000240. The summed E-state index contributed by atoms with van der Waals surface area (Å²) in [5, 5.41) is 12.1. The van der Waals surface area contributed by atoms with Crippen molar-refractivity contribution in [3.8, 4) is 5.75 Å². The van der Waals surface area contributed by atoms with E-state index in [-0.39, 0.29) is 18.3 Å². The summed E-state index contributed by atoms with van der Waals surface area (Å²) in [6, 6.07) is 8.05. The highest BCUT2D eigenvalue weighted by atomic mass is 35.5. The third kappa shape index (κ3) is 5.08. The lowest BCUT2D eigenvalue weighted by atomic mass is 9.95. The van der Waals surface area contributed by atoms with Gasteiger partial charge in [-0.3, -0.25) is 4.79 Å². The Kier molecular flexibility index (Phi) is 7.50. The molecule has 2 aliphatic rings. The van der Waals surface area contributed by atoms with Gasteiger partial charge in [-0.25, -0.2) is 0 Å². The van der Waals surface area contributed by atoms with Crippen LogP contribution in [0.4, 0.5) is 0 Å². The number of nitrogens with zero attached hydrogens (tertiary/aromatic N) is 4. The summed E-state index contributed by atoms with van der Waals surface area (Å²) in [5.41, 5.74) is 1.18. The third-order valence-electron chi connectivity index (χ3n) is 5.73. The minimum atomic E-state index is 0. The van der Waals surface area contributed by atoms with Crippen molar-refractivity contribution in [2.45, 2.75) is 51.6 Å². The van der Waals surface area contributed by atoms with Gasteiger partial charge in [-0.15, -0.1) is 22.6 Å². The molecule has 8 heteroatoms. The first-order valence-electron chi connectivity index (χ1n) is 10.4. The number of aryl methyl sites for hydroxylation is 1. The van der Waals surface area contributed by atoms with Crippen LogP contribution in [0.2, 0.25) is 0 Å². The Morgan fingerprint density at radius 1 is 1.17 bits per heavy atom. The third-order valence-corrected chi connectivity index (χ3v) is 5.73. The molecule has 0 unspecified atom stereocenters. The van der Waals surface area contributed by atoms with Gasteiger partial charge in [0.25, 0.3) is 0 Å². The van der Waals surface area contributed by atoms with E-state index in [0.717, 1.165) is 69.4 Å². The summed E-state index contributed by atoms with van der Waals surface area (Å²) in [4.78, 5) is 14.6. The maximum atomic E-state index is 12.6. The molecule has 0 aliphatic carbocycles. The number of carbonyl (C=O) groups is 1. The molecule has 1 aromatic heterocycles. The zero-order chi connectivity index (χ0) is 19.3. The Hall–Kier alpha value is -2.12. The molecule has 1 aromatic carbocycles. The number of ether oxygens (including phenoxy) is 1. The van der Waals surface area contributed by atoms with Gasteiger partial charge in [0.1, 0.15) is 17.4 Å². The number of benzene rings is 1. The summed E-state index contributed by atoms with van der Waals surface area (Å²) in [5.74, 6) is 3.69. The van der Waals surface area contributed by atoms with Crippen LogP contribution in [-0.4, -0.2) is 51.8 Å². The number of amides is 1. The first-order valence-corrected chi connectivity index (χ1v) is 10.4. The molecular weight excluding hydrogens is 390 g/mol. The fraction of sp³-hybridized carbons (Fsp3) is 0.571. The van der Waals surface area contributed by atoms with E-state index in [9.17, 15) is 4.79 Å². The normalized spacial score (nSPS) is 16.8. The Bertz CT molecular complexity index is 800. The molecule has 1 N–H and O–H groups in total. The van der Waals surface area contributed by atoms with Gasteiger partial charge < -0.3 is 19.5 Å². The van der Waals surface area contributed by atoms with E-state index in [0.29, 0.717) is 18.9 Å². The average molecular weight is 420 g/mol. The van der Waals surface area contributed by atoms with Gasteiger partial charge in [0.15, 0.2) is 0 Å². The summed E-state index contributed by atoms with van der Waals surface area (Å²) in [6.45, 7) is 6.99. The number of rotatable bonds is 6. The number of nitrogens with one attached hydrogen (secondary N) is 1. The fourth-order valence-corrected chi connectivity index (χ4v) is 4.13. The van der Waals surface area contributed by atoms with Crippen LogP contribution in [0, 0.1) is 0 Å². The molecule has 2 aromatic rings. The second-order valence-electron chi connectivity index (χ2n) is 7.53. The van der Waals surface area contributed by atoms with Crippen molar-refractivity contribution in [3.05, 3.63) is 41.5 Å². The van der Waals surface area contributed by atoms with Crippen molar-refractivity contribution < 1.29 is 9.53 Å². The highest BCUT2D eigenvalue weighted by Crippen LogP contribution is 2.28. The minimum Gasteiger partial charge on any atom is -0.494 e. The monoisotopic (exact) mass is 419 g/mol. The molecule has 7 nitrogen and oxygen atoms in total. The van der Waals surface area contributed by atoms with Gasteiger partial charge in [0.05, 0.1) is 13.2 Å². The van der Waals surface area contributed by atoms with E-state index < -0.39 is 0 Å². The lowest BCUT2D eigenvalue weighted by Gasteiger charge is -2.32. The standard InChI is InChI=1S/C21H29N5O2.ClH/c1-2-28-18-6-3-16(4-7-18)5-8-20(27)25-12-9-17(10-13-25)21-24-23-19-15-22-11-14-26(19)21;/h3-4,6-7,17,22H,2,5,8-15H2,1H3;1H. The zero-order valence-corrected chi connectivity index (χ0v) is 17.8. The van der Waals surface area contributed by atoms with Crippen LogP contribution >= 0.6 is 12.4 Å². The largest absolute Gasteiger partial charge is 0.494 e. The predicted molar refractivity (Wildman–Crippen MR) is 113 cm³/mol. The average Bonchev–Trinajstić information content (AvgIpc) is 3.17. The maximum Gasteiger partial charge on any atom is 0.222 e. The second-order valence-corrected chi connectivity index (χ2v) is 7.53. The molecule has 0 saturated carbocycles. The summed E-state index contributed by atoms with van der Waals surface area (Å²) in [6.07, 6.45) is 3.28. The first kappa shape index (κ1) is 21.6. The molecule has 1 fully saturated rings. The van der Waals surface area contributed by atoms with Crippen LogP contribution in [-0.2, 0) is 24.3 Å². The number of likely N-dealkylation sites (tertiary alicyclic amines) is 1. The lowest BCUT2D eigenvalue weighted by Crippen LogP contribution is -2.39. The molecule has 2 aliphatic heterocycles. The number of hydrogen-bond acceptors (Lipinski definition) is 5. The molecule has 3 heterocycles. The Morgan fingerprint density at radius 3 is 2.66 bits per heavy atom. The van der Waals surface area contributed by atoms with Crippen molar-refractivity contribution in [1.29, 1.82) is 0 Å². The van der Waals surface area contributed by atoms with Crippen molar-refractivity contribution >= 4 is 18.3 Å². The molecule has 1 saturated heterocycles.